The maximum Gasteiger partial charge on any atom is 0.770 e. The summed E-state index contributed by atoms with van der Waals surface area (Å²) in [6, 6.07) is 5.72. The van der Waals surface area contributed by atoms with Crippen LogP contribution in [0.4, 0.5) is 0 Å². The first-order chi connectivity index (χ1) is 10.1. The van der Waals surface area contributed by atoms with Gasteiger partial charge in [-0.2, -0.15) is 0 Å². The number of benzene rings is 1. The van der Waals surface area contributed by atoms with Crippen LogP contribution in [0, 0.1) is 0 Å². The van der Waals surface area contributed by atoms with E-state index in [0.29, 0.717) is 0 Å². The van der Waals surface area contributed by atoms with E-state index < -0.39 is 9.17 Å². The first-order valence-electron chi connectivity index (χ1n) is 6.68. The molecule has 4 saturated heterocycles. The van der Waals surface area contributed by atoms with Crippen molar-refractivity contribution in [3.05, 3.63) is 24.3 Å². The maximum atomic E-state index is 10.2. The monoisotopic (exact) mass is 310 g/mol. The van der Waals surface area contributed by atoms with Gasteiger partial charge in [0.05, 0.1) is 40.0 Å². The highest BCUT2D eigenvalue weighted by Crippen LogP contribution is 2.20. The normalized spacial score (nSPS) is 32.2. The Morgan fingerprint density at radius 2 is 1.43 bits per heavy atom. The van der Waals surface area contributed by atoms with Gasteiger partial charge in [0.1, 0.15) is 11.5 Å². The fraction of sp³-hybridized carbons (Fsp3) is 0.500. The van der Waals surface area contributed by atoms with Gasteiger partial charge in [0, 0.05) is 6.07 Å². The predicted molar refractivity (Wildman–Crippen MR) is 74.0 cm³/mol. The van der Waals surface area contributed by atoms with Crippen molar-refractivity contribution in [2.45, 2.75) is 0 Å². The highest BCUT2D eigenvalue weighted by atomic mass is 28.3. The Kier molecular flexibility index (Phi) is 4.17. The second-order valence-corrected chi connectivity index (χ2v) is 6.13. The molecule has 4 fully saturated rings. The molecule has 0 atom stereocenters. The minimum atomic E-state index is -2.96. The van der Waals surface area contributed by atoms with Gasteiger partial charge in [-0.25, -0.2) is 0 Å². The largest absolute Gasteiger partial charge is 0.770 e. The molecule has 0 saturated carbocycles. The zero-order chi connectivity index (χ0) is 14.8. The van der Waals surface area contributed by atoms with Crippen LogP contribution in [0.15, 0.2) is 24.3 Å². The lowest BCUT2D eigenvalue weighted by Crippen LogP contribution is -2.71. The Morgan fingerprint density at radius 3 is 1.81 bits per heavy atom. The fourth-order valence-corrected chi connectivity index (χ4v) is 3.21. The molecule has 21 heavy (non-hydrogen) atoms. The zero-order valence-electron chi connectivity index (χ0n) is 11.6. The lowest BCUT2D eigenvalue weighted by molar-refractivity contribution is -0.194. The molecule has 0 amide bonds. The van der Waals surface area contributed by atoms with Crippen molar-refractivity contribution < 1.29 is 18.8 Å². The average molecular weight is 310 g/mol. The van der Waals surface area contributed by atoms with Gasteiger partial charge in [0.15, 0.2) is 0 Å². The summed E-state index contributed by atoms with van der Waals surface area (Å²) in [6.45, 7) is 7.12. The summed E-state index contributed by atoms with van der Waals surface area (Å²) in [7, 11) is -2.96. The zero-order valence-corrected chi connectivity index (χ0v) is 12.6. The molecule has 114 valence electrons. The number of aromatic hydroxyl groups is 1. The first-order valence-corrected chi connectivity index (χ1v) is 7.94. The molecule has 2 N–H and O–H groups in total. The Labute approximate surface area is 124 Å². The van der Waals surface area contributed by atoms with Gasteiger partial charge in [-0.1, -0.05) is 6.07 Å². The number of phenols is 1. The minimum Gasteiger partial charge on any atom is -0.511 e. The van der Waals surface area contributed by atoms with Crippen molar-refractivity contribution in [2.24, 2.45) is 0 Å². The summed E-state index contributed by atoms with van der Waals surface area (Å²) < 4.78 is 14.6. The quantitative estimate of drug-likeness (QED) is 0.685. The molecule has 5 rings (SSSR count). The topological polar surface area (TPSA) is 79.7 Å². The lowest BCUT2D eigenvalue weighted by atomic mass is 10.3. The summed E-state index contributed by atoms with van der Waals surface area (Å²) >= 11 is 0. The van der Waals surface area contributed by atoms with E-state index in [1.807, 2.05) is 0 Å². The molecule has 0 unspecified atom stereocenters. The fourth-order valence-electron chi connectivity index (χ4n) is 2.88. The molecule has 4 bridgehead atoms. The maximum absolute atomic E-state index is 10.2. The molecule has 1 aromatic carbocycles. The van der Waals surface area contributed by atoms with Crippen LogP contribution >= 0.6 is 0 Å². The van der Waals surface area contributed by atoms with Crippen LogP contribution in [0.5, 0.6) is 11.5 Å². The summed E-state index contributed by atoms with van der Waals surface area (Å²) in [5.41, 5.74) is 0. The van der Waals surface area contributed by atoms with Crippen LogP contribution in [-0.2, 0) is 4.46 Å². The van der Waals surface area contributed by atoms with E-state index in [0.717, 1.165) is 0 Å². The number of phenolic OH excluding ortho intramolecular Hbond substituents is 1. The van der Waals surface area contributed by atoms with Gasteiger partial charge in [-0.05, 0) is 12.1 Å². The second-order valence-electron chi connectivity index (χ2n) is 5.40. The van der Waals surface area contributed by atoms with E-state index in [-0.39, 0.29) is 11.5 Å². The van der Waals surface area contributed by atoms with Crippen molar-refractivity contribution in [2.75, 3.05) is 40.0 Å². The summed E-state index contributed by atoms with van der Waals surface area (Å²) in [4.78, 5) is 18.2. The van der Waals surface area contributed by atoms with E-state index in [9.17, 15) is 4.46 Å². The predicted octanol–water partition coefficient (Wildman–Crippen LogP) is -0.841. The van der Waals surface area contributed by atoms with E-state index in [4.69, 9.17) is 9.90 Å². The minimum absolute atomic E-state index is 0.00532. The van der Waals surface area contributed by atoms with Gasteiger partial charge in [0.25, 0.3) is 0 Å². The van der Waals surface area contributed by atoms with Crippen LogP contribution in [0.1, 0.15) is 0 Å². The molecule has 4 aliphatic heterocycles. The SMILES string of the molecule is C1N2CN3CN1CN(C2)C3.O=[Si](O)Oc1cccc(O)c1. The third-order valence-corrected chi connectivity index (χ3v) is 3.83. The Balaban J connectivity index is 0.000000126. The van der Waals surface area contributed by atoms with E-state index in [1.165, 1.54) is 64.3 Å². The van der Waals surface area contributed by atoms with E-state index >= 15 is 0 Å². The summed E-state index contributed by atoms with van der Waals surface area (Å²) in [5.74, 6) is 0.196. The second kappa shape index (κ2) is 6.08. The van der Waals surface area contributed by atoms with Gasteiger partial charge in [-0.3, -0.25) is 24.1 Å². The van der Waals surface area contributed by atoms with Crippen LogP contribution in [0.25, 0.3) is 0 Å². The molecule has 9 heteroatoms. The number of hydrogen-bond donors (Lipinski definition) is 2. The summed E-state index contributed by atoms with van der Waals surface area (Å²) in [5, 5.41) is 8.87. The number of hydrogen-bond acceptors (Lipinski definition) is 7. The van der Waals surface area contributed by atoms with E-state index in [1.54, 1.807) is 0 Å². The highest BCUT2D eigenvalue weighted by Gasteiger charge is 2.36. The molecule has 0 spiro atoms. The van der Waals surface area contributed by atoms with Crippen molar-refractivity contribution >= 4 is 9.17 Å². The van der Waals surface area contributed by atoms with Gasteiger partial charge in [0.2, 0.25) is 0 Å². The first kappa shape index (κ1) is 14.4. The van der Waals surface area contributed by atoms with Crippen LogP contribution in [0.2, 0.25) is 0 Å². The van der Waals surface area contributed by atoms with Crippen molar-refractivity contribution in [3.63, 3.8) is 0 Å². The third-order valence-electron chi connectivity index (χ3n) is 3.42. The standard InChI is InChI=1S/C6H12N4.C6H6O4Si/c1-7-2-9-4-8(1)5-10(3-7)6-9;7-5-2-1-3-6(4-5)10-11(8)9/h1-6H2;1-4,7-8H. The lowest BCUT2D eigenvalue weighted by Gasteiger charge is -2.56. The molecular weight excluding hydrogens is 292 g/mol. The van der Waals surface area contributed by atoms with Crippen molar-refractivity contribution in [1.82, 2.24) is 19.6 Å². The average Bonchev–Trinajstić information content (AvgIpc) is 2.36. The van der Waals surface area contributed by atoms with E-state index in [2.05, 4.69) is 24.0 Å². The Hall–Kier alpha value is -1.52. The van der Waals surface area contributed by atoms with Crippen LogP contribution in [0.3, 0.4) is 0 Å². The molecule has 4 aliphatic rings. The molecule has 0 aliphatic carbocycles. The molecule has 8 nitrogen and oxygen atoms in total. The highest BCUT2D eigenvalue weighted by molar-refractivity contribution is 6.25. The third kappa shape index (κ3) is 3.77. The number of nitrogens with zero attached hydrogens (tertiary/aromatic N) is 4. The molecule has 0 aromatic heterocycles. The molecule has 4 heterocycles. The van der Waals surface area contributed by atoms with Crippen molar-refractivity contribution in [3.8, 4) is 11.5 Å². The molecular formula is C12H18N4O4Si. The molecule has 1 aromatic rings. The number of rotatable bonds is 2. The Morgan fingerprint density at radius 1 is 0.952 bits per heavy atom. The smallest absolute Gasteiger partial charge is 0.511 e. The van der Waals surface area contributed by atoms with Gasteiger partial charge in [-0.15, -0.1) is 0 Å². The van der Waals surface area contributed by atoms with Crippen molar-refractivity contribution in [1.29, 1.82) is 0 Å². The van der Waals surface area contributed by atoms with Crippen LogP contribution in [-0.4, -0.2) is 78.7 Å². The molecule has 0 radical (unpaired) electrons. The summed E-state index contributed by atoms with van der Waals surface area (Å²) in [6.07, 6.45) is 0. The Bertz CT molecular complexity index is 473. The van der Waals surface area contributed by atoms with Gasteiger partial charge >= 0.3 is 9.17 Å². The van der Waals surface area contributed by atoms with Gasteiger partial charge < -0.3 is 14.3 Å². The van der Waals surface area contributed by atoms with Crippen LogP contribution < -0.4 is 4.43 Å².